The number of rotatable bonds is 4. The zero-order valence-electron chi connectivity index (χ0n) is 12.5. The van der Waals surface area contributed by atoms with Crippen molar-refractivity contribution in [1.29, 1.82) is 0 Å². The molecular formula is C16H13Cl2N3O3. The lowest BCUT2D eigenvalue weighted by atomic mass is 10.2. The zero-order chi connectivity index (χ0) is 17.5. The number of hydrogen-bond acceptors (Lipinski definition) is 4. The van der Waals surface area contributed by atoms with Crippen LogP contribution in [-0.2, 0) is 9.59 Å². The number of nitrogens with one attached hydrogen (secondary N) is 2. The van der Waals surface area contributed by atoms with Gasteiger partial charge in [0.05, 0.1) is 13.3 Å². The van der Waals surface area contributed by atoms with Crippen LogP contribution in [0.25, 0.3) is 0 Å². The van der Waals surface area contributed by atoms with Gasteiger partial charge < -0.3 is 10.1 Å². The summed E-state index contributed by atoms with van der Waals surface area (Å²) in [4.78, 5) is 23.5. The Labute approximate surface area is 148 Å². The second-order valence-electron chi connectivity index (χ2n) is 4.59. The van der Waals surface area contributed by atoms with E-state index in [4.69, 9.17) is 27.9 Å². The van der Waals surface area contributed by atoms with Crippen LogP contribution < -0.4 is 15.5 Å². The van der Waals surface area contributed by atoms with E-state index in [1.165, 1.54) is 24.4 Å². The molecule has 0 aromatic heterocycles. The third kappa shape index (κ3) is 5.26. The predicted octanol–water partition coefficient (Wildman–Crippen LogP) is 3.09. The number of carbonyl (C=O) groups excluding carboxylic acids is 2. The maximum absolute atomic E-state index is 11.8. The number of ether oxygens (including phenoxy) is 1. The molecule has 2 aromatic rings. The van der Waals surface area contributed by atoms with Crippen molar-refractivity contribution in [3.05, 3.63) is 58.1 Å². The number of benzene rings is 2. The van der Waals surface area contributed by atoms with Crippen LogP contribution in [0.5, 0.6) is 5.75 Å². The monoisotopic (exact) mass is 365 g/mol. The third-order valence-corrected chi connectivity index (χ3v) is 3.24. The maximum Gasteiger partial charge on any atom is 0.329 e. The van der Waals surface area contributed by atoms with Crippen molar-refractivity contribution in [2.24, 2.45) is 5.10 Å². The molecule has 2 N–H and O–H groups in total. The summed E-state index contributed by atoms with van der Waals surface area (Å²) in [7, 11) is 1.55. The first-order chi connectivity index (χ1) is 11.5. The quantitative estimate of drug-likeness (QED) is 0.496. The third-order valence-electron chi connectivity index (χ3n) is 2.80. The first-order valence-corrected chi connectivity index (χ1v) is 7.48. The summed E-state index contributed by atoms with van der Waals surface area (Å²) in [5, 5.41) is 6.78. The first-order valence-electron chi connectivity index (χ1n) is 6.72. The molecule has 24 heavy (non-hydrogen) atoms. The minimum absolute atomic E-state index is 0.310. The summed E-state index contributed by atoms with van der Waals surface area (Å²) < 4.78 is 5.07. The van der Waals surface area contributed by atoms with E-state index in [2.05, 4.69) is 15.8 Å². The van der Waals surface area contributed by atoms with Crippen molar-refractivity contribution in [3.8, 4) is 5.75 Å². The normalized spacial score (nSPS) is 10.5. The van der Waals surface area contributed by atoms with Crippen LogP contribution in [0.1, 0.15) is 5.56 Å². The highest BCUT2D eigenvalue weighted by Gasteiger charge is 2.13. The predicted molar refractivity (Wildman–Crippen MR) is 93.8 cm³/mol. The van der Waals surface area contributed by atoms with Crippen molar-refractivity contribution >= 4 is 46.9 Å². The van der Waals surface area contributed by atoms with Crippen LogP contribution in [0.2, 0.25) is 10.0 Å². The van der Waals surface area contributed by atoms with Crippen LogP contribution in [0.15, 0.2) is 47.6 Å². The minimum atomic E-state index is -0.926. The zero-order valence-corrected chi connectivity index (χ0v) is 14.1. The second-order valence-corrected chi connectivity index (χ2v) is 5.46. The highest BCUT2D eigenvalue weighted by molar-refractivity contribution is 6.40. The molecule has 8 heteroatoms. The minimum Gasteiger partial charge on any atom is -0.497 e. The first kappa shape index (κ1) is 17.8. The summed E-state index contributed by atoms with van der Waals surface area (Å²) in [6.45, 7) is 0. The van der Waals surface area contributed by atoms with Gasteiger partial charge in [0.2, 0.25) is 0 Å². The molecule has 0 spiro atoms. The molecule has 0 fully saturated rings. The van der Waals surface area contributed by atoms with Gasteiger partial charge in [0.25, 0.3) is 0 Å². The summed E-state index contributed by atoms with van der Waals surface area (Å²) in [5.41, 5.74) is 3.14. The number of carbonyl (C=O) groups is 2. The van der Waals surface area contributed by atoms with E-state index in [1.54, 1.807) is 31.4 Å². The SMILES string of the molecule is COc1cccc(/C=N/NC(=O)C(=O)Nc2cc(Cl)cc(Cl)c2)c1. The molecule has 0 aliphatic heterocycles. The summed E-state index contributed by atoms with van der Waals surface area (Å²) in [6, 6.07) is 11.5. The van der Waals surface area contributed by atoms with E-state index in [0.717, 1.165) is 0 Å². The van der Waals surface area contributed by atoms with E-state index in [1.807, 2.05) is 0 Å². The number of anilines is 1. The van der Waals surface area contributed by atoms with Gasteiger partial charge >= 0.3 is 11.8 Å². The van der Waals surface area contributed by atoms with E-state index < -0.39 is 11.8 Å². The second kappa shape index (κ2) is 8.33. The molecule has 2 amide bonds. The number of hydrazone groups is 1. The molecule has 2 rings (SSSR count). The summed E-state index contributed by atoms with van der Waals surface area (Å²) in [5.74, 6) is -1.16. The largest absolute Gasteiger partial charge is 0.497 e. The molecule has 0 aliphatic carbocycles. The van der Waals surface area contributed by atoms with Gasteiger partial charge in [-0.25, -0.2) is 5.43 Å². The highest BCUT2D eigenvalue weighted by Crippen LogP contribution is 2.22. The van der Waals surface area contributed by atoms with Crippen molar-refractivity contribution in [1.82, 2.24) is 5.43 Å². The van der Waals surface area contributed by atoms with Gasteiger partial charge in [-0.05, 0) is 35.9 Å². The van der Waals surface area contributed by atoms with Gasteiger partial charge in [-0.2, -0.15) is 5.10 Å². The van der Waals surface area contributed by atoms with Gasteiger partial charge in [0.1, 0.15) is 5.75 Å². The van der Waals surface area contributed by atoms with E-state index >= 15 is 0 Å². The molecule has 0 unspecified atom stereocenters. The Kier molecular flexibility index (Phi) is 6.17. The fourth-order valence-electron chi connectivity index (χ4n) is 1.75. The Morgan fingerprint density at radius 3 is 2.46 bits per heavy atom. The van der Waals surface area contributed by atoms with Crippen molar-refractivity contribution in [2.45, 2.75) is 0 Å². The molecule has 2 aromatic carbocycles. The van der Waals surface area contributed by atoms with Crippen molar-refractivity contribution < 1.29 is 14.3 Å². The smallest absolute Gasteiger partial charge is 0.329 e. The number of halogens is 2. The summed E-state index contributed by atoms with van der Waals surface area (Å²) >= 11 is 11.6. The van der Waals surface area contributed by atoms with Crippen LogP contribution in [-0.4, -0.2) is 25.1 Å². The van der Waals surface area contributed by atoms with Gasteiger partial charge in [0, 0.05) is 15.7 Å². The molecule has 0 saturated heterocycles. The molecular weight excluding hydrogens is 353 g/mol. The Balaban J connectivity index is 1.93. The van der Waals surface area contributed by atoms with Gasteiger partial charge in [-0.3, -0.25) is 9.59 Å². The Morgan fingerprint density at radius 1 is 1.08 bits per heavy atom. The number of hydrogen-bond donors (Lipinski definition) is 2. The average molecular weight is 366 g/mol. The standard InChI is InChI=1S/C16H13Cl2N3O3/c1-24-14-4-2-3-10(5-14)9-19-21-16(23)15(22)20-13-7-11(17)6-12(18)8-13/h2-9H,1H3,(H,20,22)(H,21,23)/b19-9+. The van der Waals surface area contributed by atoms with Crippen molar-refractivity contribution in [2.75, 3.05) is 12.4 Å². The van der Waals surface area contributed by atoms with Crippen LogP contribution in [0.4, 0.5) is 5.69 Å². The molecule has 0 heterocycles. The molecule has 6 nitrogen and oxygen atoms in total. The Morgan fingerprint density at radius 2 is 1.79 bits per heavy atom. The fraction of sp³-hybridized carbons (Fsp3) is 0.0625. The van der Waals surface area contributed by atoms with E-state index in [9.17, 15) is 9.59 Å². The molecule has 0 bridgehead atoms. The van der Waals surface area contributed by atoms with Gasteiger partial charge in [-0.1, -0.05) is 35.3 Å². The molecule has 0 radical (unpaired) electrons. The van der Waals surface area contributed by atoms with Crippen LogP contribution in [0.3, 0.4) is 0 Å². The lowest BCUT2D eigenvalue weighted by molar-refractivity contribution is -0.136. The topological polar surface area (TPSA) is 79.8 Å². The maximum atomic E-state index is 11.8. The average Bonchev–Trinajstić information content (AvgIpc) is 2.54. The number of amides is 2. The number of methoxy groups -OCH3 is 1. The van der Waals surface area contributed by atoms with Crippen molar-refractivity contribution in [3.63, 3.8) is 0 Å². The Hall–Kier alpha value is -2.57. The summed E-state index contributed by atoms with van der Waals surface area (Å²) in [6.07, 6.45) is 1.39. The van der Waals surface area contributed by atoms with E-state index in [-0.39, 0.29) is 0 Å². The van der Waals surface area contributed by atoms with Gasteiger partial charge in [-0.15, -0.1) is 0 Å². The highest BCUT2D eigenvalue weighted by atomic mass is 35.5. The van der Waals surface area contributed by atoms with Crippen LogP contribution in [0, 0.1) is 0 Å². The van der Waals surface area contributed by atoms with Gasteiger partial charge in [0.15, 0.2) is 0 Å². The lowest BCUT2D eigenvalue weighted by Crippen LogP contribution is -2.32. The number of nitrogens with zero attached hydrogens (tertiary/aromatic N) is 1. The van der Waals surface area contributed by atoms with E-state index in [0.29, 0.717) is 27.0 Å². The Bertz CT molecular complexity index is 774. The fourth-order valence-corrected chi connectivity index (χ4v) is 2.28. The molecule has 124 valence electrons. The molecule has 0 aliphatic rings. The lowest BCUT2D eigenvalue weighted by Gasteiger charge is -2.05. The van der Waals surface area contributed by atoms with Crippen LogP contribution >= 0.6 is 23.2 Å². The molecule has 0 atom stereocenters. The molecule has 0 saturated carbocycles.